The molecular weight excluding hydrogens is 504 g/mol. The monoisotopic (exact) mass is 540 g/mol. The molecule has 3 saturated heterocycles. The summed E-state index contributed by atoms with van der Waals surface area (Å²) in [4.78, 5) is 20.6. The van der Waals surface area contributed by atoms with Gasteiger partial charge in [0.15, 0.2) is 5.82 Å². The van der Waals surface area contributed by atoms with Crippen molar-refractivity contribution >= 4 is 17.3 Å². The Bertz CT molecular complexity index is 1330. The zero-order valence-corrected chi connectivity index (χ0v) is 23.0. The Morgan fingerprint density at radius 1 is 0.975 bits per heavy atom. The molecule has 1 N–H and O–H groups in total. The van der Waals surface area contributed by atoms with Gasteiger partial charge in [0.2, 0.25) is 5.95 Å². The summed E-state index contributed by atoms with van der Waals surface area (Å²) in [7, 11) is 2.14. The fraction of sp³-hybridized carbons (Fsp3) is 0.467. The zero-order valence-electron chi connectivity index (χ0n) is 23.0. The van der Waals surface area contributed by atoms with E-state index >= 15 is 0 Å². The van der Waals surface area contributed by atoms with Gasteiger partial charge in [-0.15, -0.1) is 0 Å². The Kier molecular flexibility index (Phi) is 8.04. The first-order valence-electron chi connectivity index (χ1n) is 14.2. The molecule has 4 heterocycles. The number of rotatable bonds is 7. The van der Waals surface area contributed by atoms with Crippen LogP contribution in [0.15, 0.2) is 48.8 Å². The molecule has 3 aromatic rings. The molecule has 10 heteroatoms. The normalized spacial score (nSPS) is 20.8. The molecule has 1 atom stereocenters. The second-order valence-corrected chi connectivity index (χ2v) is 10.8. The van der Waals surface area contributed by atoms with Gasteiger partial charge in [0.1, 0.15) is 24.3 Å². The van der Waals surface area contributed by atoms with E-state index in [2.05, 4.69) is 72.4 Å². The van der Waals surface area contributed by atoms with E-state index in [4.69, 9.17) is 9.47 Å². The number of aromatic nitrogens is 3. The van der Waals surface area contributed by atoms with Crippen LogP contribution in [0, 0.1) is 11.3 Å². The molecule has 6 rings (SSSR count). The molecular formula is C30H36N8O2. The first-order valence-corrected chi connectivity index (χ1v) is 14.2. The third kappa shape index (κ3) is 6.17. The van der Waals surface area contributed by atoms with Gasteiger partial charge in [-0.2, -0.15) is 10.2 Å². The lowest BCUT2D eigenvalue weighted by Crippen LogP contribution is -2.56. The van der Waals surface area contributed by atoms with Gasteiger partial charge in [-0.25, -0.2) is 9.97 Å². The maximum Gasteiger partial charge on any atom is 0.230 e. The summed E-state index contributed by atoms with van der Waals surface area (Å²) in [5, 5.41) is 13.1. The number of nitrogens with one attached hydrogen (secondary N) is 1. The summed E-state index contributed by atoms with van der Waals surface area (Å²) >= 11 is 0. The van der Waals surface area contributed by atoms with Crippen molar-refractivity contribution in [1.29, 1.82) is 5.26 Å². The van der Waals surface area contributed by atoms with Gasteiger partial charge in [-0.1, -0.05) is 0 Å². The van der Waals surface area contributed by atoms with E-state index in [1.807, 2.05) is 12.1 Å². The predicted molar refractivity (Wildman–Crippen MR) is 154 cm³/mol. The topological polar surface area (TPSA) is 103 Å². The molecule has 3 aliphatic heterocycles. The van der Waals surface area contributed by atoms with Gasteiger partial charge in [0.05, 0.1) is 24.8 Å². The zero-order chi connectivity index (χ0) is 27.3. The Morgan fingerprint density at radius 2 is 1.80 bits per heavy atom. The average molecular weight is 541 g/mol. The van der Waals surface area contributed by atoms with Crippen molar-refractivity contribution in [2.24, 2.45) is 0 Å². The number of benzene rings is 2. The summed E-state index contributed by atoms with van der Waals surface area (Å²) in [5.41, 5.74) is 3.36. The molecule has 0 bridgehead atoms. The Labute approximate surface area is 235 Å². The molecule has 3 aliphatic rings. The first-order chi connectivity index (χ1) is 19.6. The average Bonchev–Trinajstić information content (AvgIpc) is 3.17. The van der Waals surface area contributed by atoms with E-state index in [1.54, 1.807) is 6.07 Å². The molecule has 208 valence electrons. The Hall–Kier alpha value is -3.78. The molecule has 2 aromatic carbocycles. The molecule has 40 heavy (non-hydrogen) atoms. The quantitative estimate of drug-likeness (QED) is 0.479. The lowest BCUT2D eigenvalue weighted by atomic mass is 10.1. The van der Waals surface area contributed by atoms with E-state index in [9.17, 15) is 5.26 Å². The van der Waals surface area contributed by atoms with E-state index in [-0.39, 0.29) is 6.10 Å². The van der Waals surface area contributed by atoms with Crippen molar-refractivity contribution in [1.82, 2.24) is 24.8 Å². The van der Waals surface area contributed by atoms with E-state index in [0.717, 1.165) is 83.0 Å². The molecule has 0 saturated carbocycles. The van der Waals surface area contributed by atoms with Crippen molar-refractivity contribution in [2.75, 3.05) is 69.7 Å². The first kappa shape index (κ1) is 26.4. The Balaban J connectivity index is 1.09. The lowest BCUT2D eigenvalue weighted by Gasteiger charge is -2.43. The number of nitrogens with zero attached hydrogens (tertiary/aromatic N) is 7. The summed E-state index contributed by atoms with van der Waals surface area (Å²) < 4.78 is 11.6. The van der Waals surface area contributed by atoms with Crippen LogP contribution >= 0.6 is 0 Å². The summed E-state index contributed by atoms with van der Waals surface area (Å²) in [6.07, 6.45) is 4.66. The molecule has 0 spiro atoms. The van der Waals surface area contributed by atoms with Crippen molar-refractivity contribution in [2.45, 2.75) is 31.4 Å². The number of anilines is 3. The van der Waals surface area contributed by atoms with Crippen LogP contribution < -0.4 is 15.0 Å². The SMILES string of the molecule is CN1CCCC(Oc2ccc(-c3ncnc(Nc4ccc(N5CCN(C6COC6)CC5)cc4)n3)cc2C#N)CC1. The van der Waals surface area contributed by atoms with Crippen LogP contribution in [0.25, 0.3) is 11.4 Å². The standard InChI is InChI=1S/C30H36N8O2/c1-36-11-2-3-27(10-12-36)40-28-9-4-22(17-23(28)18-31)29-32-21-33-30(35-29)34-24-5-7-25(8-6-24)37-13-15-38(16-14-37)26-19-39-20-26/h4-9,17,21,26-27H,2-3,10-16,19-20H2,1H3,(H,32,33,34,35). The molecule has 0 amide bonds. The van der Waals surface area contributed by atoms with Gasteiger partial charge in [0, 0.05) is 49.7 Å². The second kappa shape index (κ2) is 12.2. The summed E-state index contributed by atoms with van der Waals surface area (Å²) in [5.74, 6) is 1.57. The minimum atomic E-state index is 0.120. The Morgan fingerprint density at radius 3 is 2.55 bits per heavy atom. The largest absolute Gasteiger partial charge is 0.489 e. The van der Waals surface area contributed by atoms with Crippen molar-refractivity contribution in [3.63, 3.8) is 0 Å². The third-order valence-electron chi connectivity index (χ3n) is 8.06. The van der Waals surface area contributed by atoms with Crippen LogP contribution in [0.3, 0.4) is 0 Å². The van der Waals surface area contributed by atoms with Gasteiger partial charge in [0.25, 0.3) is 0 Å². The minimum absolute atomic E-state index is 0.120. The number of piperazine rings is 1. The molecule has 10 nitrogen and oxygen atoms in total. The third-order valence-corrected chi connectivity index (χ3v) is 8.06. The number of likely N-dealkylation sites (tertiary alicyclic amines) is 1. The van der Waals surface area contributed by atoms with Crippen LogP contribution in [0.1, 0.15) is 24.8 Å². The fourth-order valence-corrected chi connectivity index (χ4v) is 5.53. The van der Waals surface area contributed by atoms with Crippen LogP contribution in [-0.4, -0.2) is 96.4 Å². The highest BCUT2D eigenvalue weighted by Crippen LogP contribution is 2.28. The number of hydrogen-bond donors (Lipinski definition) is 1. The van der Waals surface area contributed by atoms with E-state index in [1.165, 1.54) is 12.0 Å². The number of ether oxygens (including phenoxy) is 2. The number of nitriles is 1. The van der Waals surface area contributed by atoms with Crippen LogP contribution in [0.5, 0.6) is 5.75 Å². The van der Waals surface area contributed by atoms with E-state index in [0.29, 0.717) is 29.1 Å². The van der Waals surface area contributed by atoms with Crippen molar-refractivity contribution < 1.29 is 9.47 Å². The molecule has 3 fully saturated rings. The van der Waals surface area contributed by atoms with Crippen LogP contribution in [0.2, 0.25) is 0 Å². The van der Waals surface area contributed by atoms with Gasteiger partial charge in [-0.05, 0) is 75.3 Å². The highest BCUT2D eigenvalue weighted by molar-refractivity contribution is 5.64. The molecule has 1 unspecified atom stereocenters. The maximum atomic E-state index is 9.82. The molecule has 1 aromatic heterocycles. The van der Waals surface area contributed by atoms with Crippen molar-refractivity contribution in [3.8, 4) is 23.2 Å². The summed E-state index contributed by atoms with van der Waals surface area (Å²) in [6, 6.07) is 16.8. The second-order valence-electron chi connectivity index (χ2n) is 10.8. The van der Waals surface area contributed by atoms with Crippen LogP contribution in [-0.2, 0) is 4.74 Å². The highest BCUT2D eigenvalue weighted by Gasteiger charge is 2.28. The lowest BCUT2D eigenvalue weighted by molar-refractivity contribution is -0.0660. The van der Waals surface area contributed by atoms with Crippen molar-refractivity contribution in [3.05, 3.63) is 54.4 Å². The van der Waals surface area contributed by atoms with Gasteiger partial charge in [-0.3, -0.25) is 4.90 Å². The fourth-order valence-electron chi connectivity index (χ4n) is 5.53. The van der Waals surface area contributed by atoms with E-state index < -0.39 is 0 Å². The molecule has 0 aliphatic carbocycles. The summed E-state index contributed by atoms with van der Waals surface area (Å²) in [6.45, 7) is 8.01. The smallest absolute Gasteiger partial charge is 0.230 e. The van der Waals surface area contributed by atoms with Crippen LogP contribution in [0.4, 0.5) is 17.3 Å². The minimum Gasteiger partial charge on any atom is -0.489 e. The van der Waals surface area contributed by atoms with Gasteiger partial charge >= 0.3 is 0 Å². The maximum absolute atomic E-state index is 9.82. The molecule has 0 radical (unpaired) electrons. The van der Waals surface area contributed by atoms with Gasteiger partial charge < -0.3 is 24.6 Å². The highest BCUT2D eigenvalue weighted by atomic mass is 16.5. The predicted octanol–water partition coefficient (Wildman–Crippen LogP) is 3.54. The number of hydrogen-bond acceptors (Lipinski definition) is 10.